The van der Waals surface area contributed by atoms with Crippen molar-refractivity contribution in [2.45, 2.75) is 12.5 Å². The van der Waals surface area contributed by atoms with Crippen LogP contribution in [-0.4, -0.2) is 26.0 Å². The maximum Gasteiger partial charge on any atom is 0.154 e. The Morgan fingerprint density at radius 2 is 2.19 bits per heavy atom. The third-order valence-electron chi connectivity index (χ3n) is 2.44. The Morgan fingerprint density at radius 3 is 2.81 bits per heavy atom. The fourth-order valence-corrected chi connectivity index (χ4v) is 3.40. The van der Waals surface area contributed by atoms with E-state index in [1.807, 2.05) is 0 Å². The Balaban J connectivity index is 2.13. The van der Waals surface area contributed by atoms with E-state index in [0.717, 1.165) is 0 Å². The Bertz CT molecular complexity index is 501. The Kier molecular flexibility index (Phi) is 2.99. The molecule has 2 rings (SSSR count). The molecular formula is C10H12ClNO3S. The van der Waals surface area contributed by atoms with Crippen LogP contribution in [0.25, 0.3) is 0 Å². The molecule has 16 heavy (non-hydrogen) atoms. The Morgan fingerprint density at radius 1 is 1.44 bits per heavy atom. The van der Waals surface area contributed by atoms with E-state index in [9.17, 15) is 8.42 Å². The molecule has 2 N–H and O–H groups in total. The second-order valence-corrected chi connectivity index (χ2v) is 6.47. The number of sulfone groups is 1. The predicted octanol–water partition coefficient (Wildman–Crippen LogP) is 1.49. The van der Waals surface area contributed by atoms with Crippen LogP contribution in [0.1, 0.15) is 6.42 Å². The molecule has 1 aliphatic heterocycles. The lowest BCUT2D eigenvalue weighted by Gasteiger charge is -2.13. The molecule has 0 bridgehead atoms. The lowest BCUT2D eigenvalue weighted by atomic mass is 10.3. The average molecular weight is 262 g/mol. The van der Waals surface area contributed by atoms with E-state index in [2.05, 4.69) is 0 Å². The van der Waals surface area contributed by atoms with Gasteiger partial charge in [-0.2, -0.15) is 0 Å². The number of hydrogen-bond donors (Lipinski definition) is 1. The van der Waals surface area contributed by atoms with E-state index >= 15 is 0 Å². The minimum atomic E-state index is -2.94. The second-order valence-electron chi connectivity index (χ2n) is 3.83. The Labute approximate surface area is 99.3 Å². The zero-order valence-corrected chi connectivity index (χ0v) is 10.1. The van der Waals surface area contributed by atoms with Gasteiger partial charge in [0.2, 0.25) is 0 Å². The molecule has 0 amide bonds. The van der Waals surface area contributed by atoms with E-state index < -0.39 is 9.84 Å². The van der Waals surface area contributed by atoms with E-state index in [-0.39, 0.29) is 17.6 Å². The summed E-state index contributed by atoms with van der Waals surface area (Å²) in [4.78, 5) is 0. The van der Waals surface area contributed by atoms with Crippen LogP contribution < -0.4 is 10.5 Å². The monoisotopic (exact) mass is 261 g/mol. The van der Waals surface area contributed by atoms with Crippen molar-refractivity contribution in [2.75, 3.05) is 17.2 Å². The minimum absolute atomic E-state index is 0.0537. The summed E-state index contributed by atoms with van der Waals surface area (Å²) in [6.07, 6.45) is 0.192. The minimum Gasteiger partial charge on any atom is -0.488 e. The average Bonchev–Trinajstić information content (AvgIpc) is 2.52. The first kappa shape index (κ1) is 11.5. The highest BCUT2D eigenvalue weighted by atomic mass is 35.5. The van der Waals surface area contributed by atoms with Gasteiger partial charge in [0.25, 0.3) is 0 Å². The summed E-state index contributed by atoms with van der Waals surface area (Å²) in [6.45, 7) is 0. The summed E-state index contributed by atoms with van der Waals surface area (Å²) >= 11 is 5.92. The van der Waals surface area contributed by atoms with Crippen molar-refractivity contribution < 1.29 is 13.2 Å². The van der Waals surface area contributed by atoms with Crippen LogP contribution in [0.5, 0.6) is 5.75 Å². The van der Waals surface area contributed by atoms with Crippen LogP contribution in [0.15, 0.2) is 18.2 Å². The molecule has 88 valence electrons. The largest absolute Gasteiger partial charge is 0.488 e. The molecule has 1 unspecified atom stereocenters. The molecule has 4 nitrogen and oxygen atoms in total. The van der Waals surface area contributed by atoms with E-state index in [0.29, 0.717) is 22.9 Å². The topological polar surface area (TPSA) is 69.4 Å². The van der Waals surface area contributed by atoms with Crippen LogP contribution in [0.3, 0.4) is 0 Å². The van der Waals surface area contributed by atoms with Gasteiger partial charge in [-0.05, 0) is 18.6 Å². The van der Waals surface area contributed by atoms with Gasteiger partial charge in [0, 0.05) is 11.8 Å². The van der Waals surface area contributed by atoms with Gasteiger partial charge in [-0.15, -0.1) is 0 Å². The quantitative estimate of drug-likeness (QED) is 0.819. The number of ether oxygens (including phenoxy) is 1. The van der Waals surface area contributed by atoms with Crippen molar-refractivity contribution in [3.8, 4) is 5.75 Å². The van der Waals surface area contributed by atoms with Crippen LogP contribution in [0.4, 0.5) is 5.69 Å². The SMILES string of the molecule is Nc1ccc(Cl)c(OC2CCS(=O)(=O)C2)c1. The van der Waals surface area contributed by atoms with Crippen molar-refractivity contribution in [1.29, 1.82) is 0 Å². The van der Waals surface area contributed by atoms with Gasteiger partial charge in [-0.25, -0.2) is 8.42 Å². The standard InChI is InChI=1S/C10H12ClNO3S/c11-9-2-1-7(12)5-10(9)15-8-3-4-16(13,14)6-8/h1-2,5,8H,3-4,6,12H2. The number of nitrogens with two attached hydrogens (primary N) is 1. The number of rotatable bonds is 2. The van der Waals surface area contributed by atoms with E-state index in [4.69, 9.17) is 22.1 Å². The first-order valence-corrected chi connectivity index (χ1v) is 7.08. The van der Waals surface area contributed by atoms with Gasteiger partial charge in [-0.3, -0.25) is 0 Å². The van der Waals surface area contributed by atoms with Crippen LogP contribution in [0, 0.1) is 0 Å². The van der Waals surface area contributed by atoms with Gasteiger partial charge in [0.05, 0.1) is 16.5 Å². The first-order valence-electron chi connectivity index (χ1n) is 4.88. The lowest BCUT2D eigenvalue weighted by molar-refractivity contribution is 0.229. The zero-order chi connectivity index (χ0) is 11.8. The lowest BCUT2D eigenvalue weighted by Crippen LogP contribution is -2.17. The molecule has 0 aliphatic carbocycles. The molecule has 1 aromatic carbocycles. The summed E-state index contributed by atoms with van der Waals surface area (Å²) in [6, 6.07) is 4.91. The zero-order valence-electron chi connectivity index (χ0n) is 8.52. The van der Waals surface area contributed by atoms with Crippen molar-refractivity contribution in [1.82, 2.24) is 0 Å². The Hall–Kier alpha value is -0.940. The number of nitrogen functional groups attached to an aromatic ring is 1. The molecule has 0 saturated carbocycles. The maximum atomic E-state index is 11.2. The molecule has 1 aliphatic rings. The van der Waals surface area contributed by atoms with Crippen LogP contribution in [-0.2, 0) is 9.84 Å². The fourth-order valence-electron chi connectivity index (χ4n) is 1.64. The number of benzene rings is 1. The molecular weight excluding hydrogens is 250 g/mol. The molecule has 1 atom stereocenters. The number of hydrogen-bond acceptors (Lipinski definition) is 4. The smallest absolute Gasteiger partial charge is 0.154 e. The molecule has 0 spiro atoms. The summed E-state index contributed by atoms with van der Waals surface area (Å²) in [5, 5.41) is 0.443. The predicted molar refractivity (Wildman–Crippen MR) is 63.6 cm³/mol. The number of anilines is 1. The normalized spacial score (nSPS) is 23.2. The molecule has 1 fully saturated rings. The maximum absolute atomic E-state index is 11.2. The van der Waals surface area contributed by atoms with Crippen molar-refractivity contribution in [2.24, 2.45) is 0 Å². The van der Waals surface area contributed by atoms with Gasteiger partial charge >= 0.3 is 0 Å². The third kappa shape index (κ3) is 2.59. The van der Waals surface area contributed by atoms with Crippen molar-refractivity contribution >= 4 is 27.1 Å². The first-order chi connectivity index (χ1) is 7.46. The molecule has 0 aromatic heterocycles. The highest BCUT2D eigenvalue weighted by Crippen LogP contribution is 2.29. The summed E-state index contributed by atoms with van der Waals surface area (Å²) in [5.74, 6) is 0.680. The van der Waals surface area contributed by atoms with Gasteiger partial charge in [0.15, 0.2) is 9.84 Å². The van der Waals surface area contributed by atoms with E-state index in [1.54, 1.807) is 18.2 Å². The number of halogens is 1. The van der Waals surface area contributed by atoms with Crippen LogP contribution in [0.2, 0.25) is 5.02 Å². The molecule has 0 radical (unpaired) electrons. The summed E-state index contributed by atoms with van der Waals surface area (Å²) < 4.78 is 28.0. The fraction of sp³-hybridized carbons (Fsp3) is 0.400. The van der Waals surface area contributed by atoms with Gasteiger partial charge in [-0.1, -0.05) is 11.6 Å². The summed E-state index contributed by atoms with van der Waals surface area (Å²) in [5.41, 5.74) is 6.14. The van der Waals surface area contributed by atoms with Gasteiger partial charge < -0.3 is 10.5 Å². The summed E-state index contributed by atoms with van der Waals surface area (Å²) in [7, 11) is -2.94. The highest BCUT2D eigenvalue weighted by molar-refractivity contribution is 7.91. The highest BCUT2D eigenvalue weighted by Gasteiger charge is 2.29. The van der Waals surface area contributed by atoms with Crippen molar-refractivity contribution in [3.63, 3.8) is 0 Å². The molecule has 1 aromatic rings. The van der Waals surface area contributed by atoms with Gasteiger partial charge in [0.1, 0.15) is 11.9 Å². The van der Waals surface area contributed by atoms with E-state index in [1.165, 1.54) is 0 Å². The third-order valence-corrected chi connectivity index (χ3v) is 4.49. The molecule has 6 heteroatoms. The molecule has 1 saturated heterocycles. The van der Waals surface area contributed by atoms with Crippen molar-refractivity contribution in [3.05, 3.63) is 23.2 Å². The second kappa shape index (κ2) is 4.14. The molecule has 1 heterocycles. The van der Waals surface area contributed by atoms with Crippen LogP contribution >= 0.6 is 11.6 Å².